The molecule has 0 saturated heterocycles. The summed E-state index contributed by atoms with van der Waals surface area (Å²) >= 11 is 5.89. The lowest BCUT2D eigenvalue weighted by atomic mass is 10.1. The van der Waals surface area contributed by atoms with Crippen molar-refractivity contribution in [2.45, 2.75) is 31.7 Å². The van der Waals surface area contributed by atoms with E-state index in [0.717, 1.165) is 37.1 Å². The minimum atomic E-state index is 0.103. The number of anilines is 2. The minimum absolute atomic E-state index is 0.103. The Balaban J connectivity index is 1.50. The number of aromatic nitrogens is 1. The van der Waals surface area contributed by atoms with Crippen LogP contribution >= 0.6 is 11.6 Å². The molecule has 0 unspecified atom stereocenters. The maximum absolute atomic E-state index is 12.8. The summed E-state index contributed by atoms with van der Waals surface area (Å²) in [5.41, 5.74) is 8.31. The minimum Gasteiger partial charge on any atom is -0.463 e. The van der Waals surface area contributed by atoms with Gasteiger partial charge in [0.05, 0.1) is 17.9 Å². The fourth-order valence-corrected chi connectivity index (χ4v) is 3.26. The molecule has 0 bridgehead atoms. The van der Waals surface area contributed by atoms with Gasteiger partial charge in [-0.3, -0.25) is 9.69 Å². The molecule has 1 fully saturated rings. The fourth-order valence-electron chi connectivity index (χ4n) is 3.15. The van der Waals surface area contributed by atoms with Crippen LogP contribution in [0.2, 0.25) is 5.15 Å². The highest BCUT2D eigenvalue weighted by atomic mass is 35.5. The lowest BCUT2D eigenvalue weighted by molar-refractivity contribution is -0.119. The number of ether oxygens (including phenoxy) is 1. The molecule has 2 aliphatic rings. The van der Waals surface area contributed by atoms with Gasteiger partial charge in [0.2, 0.25) is 5.91 Å². The summed E-state index contributed by atoms with van der Waals surface area (Å²) in [6.45, 7) is 0.553. The summed E-state index contributed by atoms with van der Waals surface area (Å²) in [4.78, 5) is 22.9. The van der Waals surface area contributed by atoms with Crippen molar-refractivity contribution in [2.24, 2.45) is 16.6 Å². The van der Waals surface area contributed by atoms with Crippen molar-refractivity contribution in [3.8, 4) is 0 Å². The Kier molecular flexibility index (Phi) is 4.99. The Bertz CT molecular complexity index is 847. The number of pyridine rings is 1. The molecular weight excluding hydrogens is 364 g/mol. The van der Waals surface area contributed by atoms with E-state index < -0.39 is 0 Å². The van der Waals surface area contributed by atoms with Crippen LogP contribution < -0.4 is 10.6 Å². The van der Waals surface area contributed by atoms with E-state index in [0.29, 0.717) is 11.8 Å². The zero-order valence-corrected chi connectivity index (χ0v) is 15.6. The number of amides is 1. The van der Waals surface area contributed by atoms with Crippen molar-refractivity contribution in [2.75, 3.05) is 11.5 Å². The highest BCUT2D eigenvalue weighted by molar-refractivity contribution is 6.29. The third kappa shape index (κ3) is 4.22. The quantitative estimate of drug-likeness (QED) is 0.773. The lowest BCUT2D eigenvalue weighted by Gasteiger charge is -2.23. The number of benzene rings is 1. The van der Waals surface area contributed by atoms with E-state index in [1.54, 1.807) is 17.2 Å². The van der Waals surface area contributed by atoms with Gasteiger partial charge in [0.15, 0.2) is 0 Å². The topological polar surface area (TPSA) is 80.8 Å². The number of aliphatic imine (C=N–C) groups is 1. The largest absolute Gasteiger partial charge is 0.463 e. The fraction of sp³-hybridized carbons (Fsp3) is 0.350. The van der Waals surface area contributed by atoms with Crippen LogP contribution in [0, 0.1) is 5.92 Å². The van der Waals surface area contributed by atoms with Crippen LogP contribution in [-0.4, -0.2) is 29.6 Å². The number of carbonyl (C=O) groups excluding carboxylic acids is 1. The standard InChI is InChI=1S/C20H21ClN4O2/c21-18-10-9-17(11-23-18)25(19(26)14-4-5-14)16-7-2-13(3-8-16)1-6-15-12-27-20(22)24-15/h2-3,7-11,14-15H,1,4-6,12H2,(H2,22,24)/t15-/m0/s1. The molecular formula is C20H21ClN4O2. The molecule has 1 saturated carbocycles. The van der Waals surface area contributed by atoms with Gasteiger partial charge in [0, 0.05) is 11.6 Å². The molecule has 2 N–H and O–H groups in total. The number of carbonyl (C=O) groups is 1. The summed E-state index contributed by atoms with van der Waals surface area (Å²) < 4.78 is 5.18. The number of hydrogen-bond donors (Lipinski definition) is 1. The van der Waals surface area contributed by atoms with Gasteiger partial charge in [-0.15, -0.1) is 0 Å². The number of rotatable bonds is 6. The van der Waals surface area contributed by atoms with Crippen LogP contribution in [0.1, 0.15) is 24.8 Å². The number of aryl methyl sites for hydroxylation is 1. The smallest absolute Gasteiger partial charge is 0.282 e. The van der Waals surface area contributed by atoms with Crippen molar-refractivity contribution in [3.05, 3.63) is 53.3 Å². The first-order valence-corrected chi connectivity index (χ1v) is 9.48. The van der Waals surface area contributed by atoms with Crippen LogP contribution in [0.4, 0.5) is 11.4 Å². The normalized spacial score (nSPS) is 18.7. The first kappa shape index (κ1) is 17.8. The SMILES string of the molecule is NC1=N[C@@H](CCc2ccc(N(C(=O)C3CC3)c3ccc(Cl)nc3)cc2)CO1. The third-order valence-electron chi connectivity index (χ3n) is 4.81. The van der Waals surface area contributed by atoms with E-state index in [1.165, 1.54) is 5.56 Å². The van der Waals surface area contributed by atoms with E-state index in [-0.39, 0.29) is 23.9 Å². The Hall–Kier alpha value is -2.60. The van der Waals surface area contributed by atoms with Crippen molar-refractivity contribution < 1.29 is 9.53 Å². The first-order valence-electron chi connectivity index (χ1n) is 9.10. The second kappa shape index (κ2) is 7.56. The molecule has 1 aromatic heterocycles. The van der Waals surface area contributed by atoms with Crippen molar-refractivity contribution >= 4 is 34.9 Å². The molecule has 27 heavy (non-hydrogen) atoms. The third-order valence-corrected chi connectivity index (χ3v) is 5.03. The highest BCUT2D eigenvalue weighted by Gasteiger charge is 2.35. The molecule has 0 spiro atoms. The highest BCUT2D eigenvalue weighted by Crippen LogP contribution is 2.36. The van der Waals surface area contributed by atoms with Crippen molar-refractivity contribution in [3.63, 3.8) is 0 Å². The van der Waals surface area contributed by atoms with Crippen molar-refractivity contribution in [1.29, 1.82) is 0 Å². The van der Waals surface area contributed by atoms with Gasteiger partial charge in [-0.05, 0) is 55.5 Å². The average molecular weight is 385 g/mol. The Morgan fingerprint density at radius 1 is 1.19 bits per heavy atom. The van der Waals surface area contributed by atoms with E-state index in [9.17, 15) is 4.79 Å². The van der Waals surface area contributed by atoms with Gasteiger partial charge in [0.1, 0.15) is 11.8 Å². The Labute approximate surface area is 163 Å². The molecule has 1 aliphatic carbocycles. The van der Waals surface area contributed by atoms with Gasteiger partial charge in [-0.1, -0.05) is 23.7 Å². The number of hydrogen-bond acceptors (Lipinski definition) is 5. The molecule has 1 aliphatic heterocycles. The van der Waals surface area contributed by atoms with Crippen LogP contribution in [0.15, 0.2) is 47.6 Å². The number of nitrogens with two attached hydrogens (primary N) is 1. The van der Waals surface area contributed by atoms with Gasteiger partial charge in [0.25, 0.3) is 6.02 Å². The molecule has 7 heteroatoms. The molecule has 0 radical (unpaired) electrons. The van der Waals surface area contributed by atoms with Crippen LogP contribution in [0.25, 0.3) is 0 Å². The second-order valence-corrected chi connectivity index (χ2v) is 7.31. The number of halogens is 1. The van der Waals surface area contributed by atoms with Gasteiger partial charge in [-0.2, -0.15) is 0 Å². The summed E-state index contributed by atoms with van der Waals surface area (Å²) in [6.07, 6.45) is 5.29. The van der Waals surface area contributed by atoms with E-state index in [1.807, 2.05) is 18.2 Å². The van der Waals surface area contributed by atoms with E-state index in [4.69, 9.17) is 22.1 Å². The Morgan fingerprint density at radius 2 is 1.93 bits per heavy atom. The molecule has 1 amide bonds. The zero-order chi connectivity index (χ0) is 18.8. The predicted octanol–water partition coefficient (Wildman–Crippen LogP) is 3.46. The molecule has 6 nitrogen and oxygen atoms in total. The maximum Gasteiger partial charge on any atom is 0.282 e. The summed E-state index contributed by atoms with van der Waals surface area (Å²) in [7, 11) is 0. The van der Waals surface area contributed by atoms with Gasteiger partial charge >= 0.3 is 0 Å². The molecule has 2 aromatic rings. The average Bonchev–Trinajstić information content (AvgIpc) is 3.45. The molecule has 4 rings (SSSR count). The molecule has 2 heterocycles. The van der Waals surface area contributed by atoms with Gasteiger partial charge in [-0.25, -0.2) is 9.98 Å². The Morgan fingerprint density at radius 3 is 2.52 bits per heavy atom. The zero-order valence-electron chi connectivity index (χ0n) is 14.8. The van der Waals surface area contributed by atoms with Crippen molar-refractivity contribution in [1.82, 2.24) is 4.98 Å². The van der Waals surface area contributed by atoms with E-state index >= 15 is 0 Å². The predicted molar refractivity (Wildman–Crippen MR) is 105 cm³/mol. The monoisotopic (exact) mass is 384 g/mol. The number of amidine groups is 1. The van der Waals surface area contributed by atoms with Gasteiger partial charge < -0.3 is 10.5 Å². The maximum atomic E-state index is 12.8. The summed E-state index contributed by atoms with van der Waals surface area (Å²) in [5.74, 6) is 0.214. The molecule has 1 atom stereocenters. The summed E-state index contributed by atoms with van der Waals surface area (Å²) in [6, 6.07) is 12.0. The second-order valence-electron chi connectivity index (χ2n) is 6.92. The first-order chi connectivity index (χ1) is 13.1. The van der Waals surface area contributed by atoms with Crippen LogP contribution in [0.5, 0.6) is 0 Å². The number of nitrogens with zero attached hydrogens (tertiary/aromatic N) is 3. The molecule has 140 valence electrons. The summed E-state index contributed by atoms with van der Waals surface area (Å²) in [5, 5.41) is 0.409. The van der Waals surface area contributed by atoms with E-state index in [2.05, 4.69) is 22.1 Å². The van der Waals surface area contributed by atoms with Crippen LogP contribution in [0.3, 0.4) is 0 Å². The van der Waals surface area contributed by atoms with Crippen LogP contribution in [-0.2, 0) is 16.0 Å². The molecule has 1 aromatic carbocycles. The lowest BCUT2D eigenvalue weighted by Crippen LogP contribution is -2.27.